The molecule has 0 atom stereocenters. The lowest BCUT2D eigenvalue weighted by atomic mass is 9.43. The van der Waals surface area contributed by atoms with Crippen molar-refractivity contribution in [3.05, 3.63) is 35.4 Å². The van der Waals surface area contributed by atoms with Crippen LogP contribution in [0.4, 0.5) is 0 Å². The van der Waals surface area contributed by atoms with Crippen LogP contribution in [0, 0.1) is 30.6 Å². The molecular weight excluding hydrogens is 242 g/mol. The minimum absolute atomic E-state index is 0.413. The molecule has 4 aliphatic carbocycles. The van der Waals surface area contributed by atoms with Gasteiger partial charge in [-0.05, 0) is 81.2 Å². The predicted octanol–water partition coefficient (Wildman–Crippen LogP) is 4.04. The quantitative estimate of drug-likeness (QED) is 0.880. The van der Waals surface area contributed by atoms with Gasteiger partial charge in [-0.1, -0.05) is 29.8 Å². The SMILES string of the molecule is Cc1ccc(C2(CCN)C3CC4CC(C3)CC2C4)cc1. The first-order chi connectivity index (χ1) is 9.72. The Hall–Kier alpha value is -0.820. The lowest BCUT2D eigenvalue weighted by Crippen LogP contribution is -2.56. The molecule has 1 aromatic rings. The summed E-state index contributed by atoms with van der Waals surface area (Å²) in [5, 5.41) is 0. The molecule has 4 saturated carbocycles. The van der Waals surface area contributed by atoms with Gasteiger partial charge in [-0.3, -0.25) is 0 Å². The van der Waals surface area contributed by atoms with Gasteiger partial charge in [0.2, 0.25) is 0 Å². The van der Waals surface area contributed by atoms with Gasteiger partial charge in [-0.2, -0.15) is 0 Å². The Morgan fingerprint density at radius 2 is 1.50 bits per heavy atom. The maximum atomic E-state index is 6.06. The minimum atomic E-state index is 0.413. The molecule has 4 fully saturated rings. The second-order valence-corrected chi connectivity index (χ2v) is 7.75. The molecule has 0 aliphatic heterocycles. The average Bonchev–Trinajstić information content (AvgIpc) is 2.43. The molecule has 0 amide bonds. The Bertz CT molecular complexity index is 459. The fraction of sp³-hybridized carbons (Fsp3) is 0.684. The first-order valence-electron chi connectivity index (χ1n) is 8.49. The first-order valence-corrected chi connectivity index (χ1v) is 8.49. The van der Waals surface area contributed by atoms with Crippen molar-refractivity contribution in [2.24, 2.45) is 29.4 Å². The van der Waals surface area contributed by atoms with Gasteiger partial charge in [0, 0.05) is 5.41 Å². The molecule has 5 rings (SSSR count). The summed E-state index contributed by atoms with van der Waals surface area (Å²) >= 11 is 0. The van der Waals surface area contributed by atoms with Crippen LogP contribution in [0.3, 0.4) is 0 Å². The molecule has 20 heavy (non-hydrogen) atoms. The van der Waals surface area contributed by atoms with Crippen LogP contribution in [0.2, 0.25) is 0 Å². The molecule has 0 unspecified atom stereocenters. The highest BCUT2D eigenvalue weighted by atomic mass is 14.6. The Morgan fingerprint density at radius 3 is 2.00 bits per heavy atom. The molecule has 4 aliphatic rings. The van der Waals surface area contributed by atoms with Crippen molar-refractivity contribution in [1.29, 1.82) is 0 Å². The Morgan fingerprint density at radius 1 is 0.950 bits per heavy atom. The third kappa shape index (κ3) is 1.72. The van der Waals surface area contributed by atoms with Gasteiger partial charge >= 0.3 is 0 Å². The number of aryl methyl sites for hydroxylation is 1. The van der Waals surface area contributed by atoms with Gasteiger partial charge in [0.15, 0.2) is 0 Å². The molecular formula is C19H27N. The lowest BCUT2D eigenvalue weighted by Gasteiger charge is -2.62. The summed E-state index contributed by atoms with van der Waals surface area (Å²) in [6.07, 6.45) is 8.62. The van der Waals surface area contributed by atoms with Crippen LogP contribution in [-0.2, 0) is 5.41 Å². The van der Waals surface area contributed by atoms with E-state index in [4.69, 9.17) is 5.73 Å². The summed E-state index contributed by atoms with van der Waals surface area (Å²) in [5.74, 6) is 3.89. The number of nitrogens with two attached hydrogens (primary N) is 1. The van der Waals surface area contributed by atoms with Crippen molar-refractivity contribution in [2.45, 2.75) is 50.9 Å². The van der Waals surface area contributed by atoms with Crippen LogP contribution in [0.5, 0.6) is 0 Å². The Labute approximate surface area is 122 Å². The van der Waals surface area contributed by atoms with Crippen LogP contribution >= 0.6 is 0 Å². The van der Waals surface area contributed by atoms with Gasteiger partial charge in [-0.25, -0.2) is 0 Å². The maximum Gasteiger partial charge on any atom is 0.00218 e. The van der Waals surface area contributed by atoms with E-state index in [0.29, 0.717) is 5.41 Å². The van der Waals surface area contributed by atoms with Gasteiger partial charge in [-0.15, -0.1) is 0 Å². The maximum absolute atomic E-state index is 6.06. The topological polar surface area (TPSA) is 26.0 Å². The van der Waals surface area contributed by atoms with E-state index in [1.807, 2.05) is 0 Å². The molecule has 2 N–H and O–H groups in total. The minimum Gasteiger partial charge on any atom is -0.330 e. The van der Waals surface area contributed by atoms with Gasteiger partial charge in [0.1, 0.15) is 0 Å². The van der Waals surface area contributed by atoms with E-state index in [0.717, 1.165) is 30.2 Å². The number of hydrogen-bond acceptors (Lipinski definition) is 1. The van der Waals surface area contributed by atoms with Crippen molar-refractivity contribution < 1.29 is 0 Å². The van der Waals surface area contributed by atoms with Crippen LogP contribution in [-0.4, -0.2) is 6.54 Å². The van der Waals surface area contributed by atoms with Gasteiger partial charge in [0.05, 0.1) is 0 Å². The fourth-order valence-electron chi connectivity index (χ4n) is 6.15. The van der Waals surface area contributed by atoms with E-state index in [9.17, 15) is 0 Å². The molecule has 108 valence electrons. The Kier molecular flexibility index (Phi) is 2.96. The van der Waals surface area contributed by atoms with Crippen molar-refractivity contribution in [3.8, 4) is 0 Å². The van der Waals surface area contributed by atoms with Crippen LogP contribution < -0.4 is 5.73 Å². The largest absolute Gasteiger partial charge is 0.330 e. The molecule has 0 heterocycles. The third-order valence-corrected chi connectivity index (χ3v) is 6.74. The molecule has 0 aromatic heterocycles. The van der Waals surface area contributed by atoms with Crippen LogP contribution in [0.15, 0.2) is 24.3 Å². The third-order valence-electron chi connectivity index (χ3n) is 6.74. The van der Waals surface area contributed by atoms with E-state index >= 15 is 0 Å². The summed E-state index contributed by atoms with van der Waals surface area (Å²) in [7, 11) is 0. The van der Waals surface area contributed by atoms with E-state index in [-0.39, 0.29) is 0 Å². The summed E-state index contributed by atoms with van der Waals surface area (Å²) < 4.78 is 0. The molecule has 0 saturated heterocycles. The van der Waals surface area contributed by atoms with E-state index in [1.54, 1.807) is 5.56 Å². The highest BCUT2D eigenvalue weighted by molar-refractivity contribution is 5.33. The van der Waals surface area contributed by atoms with E-state index in [1.165, 1.54) is 44.1 Å². The summed E-state index contributed by atoms with van der Waals surface area (Å²) in [6.45, 7) is 3.03. The van der Waals surface area contributed by atoms with Gasteiger partial charge < -0.3 is 5.73 Å². The summed E-state index contributed by atoms with van der Waals surface area (Å²) in [6, 6.07) is 9.43. The smallest absolute Gasteiger partial charge is 0.00218 e. The second-order valence-electron chi connectivity index (χ2n) is 7.75. The zero-order chi connectivity index (χ0) is 13.7. The summed E-state index contributed by atoms with van der Waals surface area (Å²) in [4.78, 5) is 0. The molecule has 0 spiro atoms. The monoisotopic (exact) mass is 269 g/mol. The fourth-order valence-corrected chi connectivity index (χ4v) is 6.15. The zero-order valence-corrected chi connectivity index (χ0v) is 12.6. The van der Waals surface area contributed by atoms with E-state index in [2.05, 4.69) is 31.2 Å². The Balaban J connectivity index is 1.78. The van der Waals surface area contributed by atoms with Crippen molar-refractivity contribution in [2.75, 3.05) is 6.54 Å². The van der Waals surface area contributed by atoms with Crippen LogP contribution in [0.25, 0.3) is 0 Å². The van der Waals surface area contributed by atoms with E-state index < -0.39 is 0 Å². The van der Waals surface area contributed by atoms with Crippen LogP contribution in [0.1, 0.15) is 49.7 Å². The zero-order valence-electron chi connectivity index (χ0n) is 12.6. The molecule has 1 nitrogen and oxygen atoms in total. The predicted molar refractivity (Wildman–Crippen MR) is 83.6 cm³/mol. The number of rotatable bonds is 3. The second kappa shape index (κ2) is 4.59. The molecule has 4 bridgehead atoms. The number of hydrogen-bond donors (Lipinski definition) is 1. The number of benzene rings is 1. The lowest BCUT2D eigenvalue weighted by molar-refractivity contribution is -0.0639. The van der Waals surface area contributed by atoms with Gasteiger partial charge in [0.25, 0.3) is 0 Å². The summed E-state index contributed by atoms with van der Waals surface area (Å²) in [5.41, 5.74) is 9.45. The molecule has 1 aromatic carbocycles. The van der Waals surface area contributed by atoms with Crippen molar-refractivity contribution in [3.63, 3.8) is 0 Å². The van der Waals surface area contributed by atoms with Crippen molar-refractivity contribution >= 4 is 0 Å². The highest BCUT2D eigenvalue weighted by Gasteiger charge is 2.57. The molecule has 1 heteroatoms. The average molecular weight is 269 g/mol. The first kappa shape index (κ1) is 12.9. The highest BCUT2D eigenvalue weighted by Crippen LogP contribution is 2.63. The van der Waals surface area contributed by atoms with Crippen molar-refractivity contribution in [1.82, 2.24) is 0 Å². The molecule has 0 radical (unpaired) electrons. The normalized spacial score (nSPS) is 42.1. The standard InChI is InChI=1S/C19H27N/c1-13-2-4-16(5-3-13)19(6-7-20)17-9-14-8-15(11-17)12-18(19)10-14/h2-5,14-15,17-18H,6-12,20H2,1H3.